The Morgan fingerprint density at radius 3 is 1.78 bits per heavy atom. The molecule has 2 saturated heterocycles. The van der Waals surface area contributed by atoms with E-state index in [1.165, 1.54) is 6.92 Å². The molecule has 0 saturated carbocycles. The van der Waals surface area contributed by atoms with E-state index < -0.39 is 85.3 Å². The third-order valence-corrected chi connectivity index (χ3v) is 7.21. The van der Waals surface area contributed by atoms with Crippen LogP contribution in [0.5, 0.6) is 0 Å². The summed E-state index contributed by atoms with van der Waals surface area (Å²) < 4.78 is 46.6. The minimum Gasteiger partial charge on any atom is -0.456 e. The van der Waals surface area contributed by atoms with Crippen molar-refractivity contribution in [3.05, 3.63) is 71.8 Å². The third kappa shape index (κ3) is 8.86. The van der Waals surface area contributed by atoms with Gasteiger partial charge >= 0.3 is 23.9 Å². The van der Waals surface area contributed by atoms with Gasteiger partial charge in [0.05, 0.1) is 24.4 Å². The van der Waals surface area contributed by atoms with Crippen LogP contribution in [0, 0.1) is 0 Å². The number of ether oxygens (including phenoxy) is 8. The summed E-state index contributed by atoms with van der Waals surface area (Å²) in [6.45, 7) is 6.77. The zero-order valence-electron chi connectivity index (χ0n) is 25.6. The van der Waals surface area contributed by atoms with Crippen molar-refractivity contribution in [2.75, 3.05) is 0 Å². The van der Waals surface area contributed by atoms with Crippen molar-refractivity contribution in [3.8, 4) is 0 Å². The van der Waals surface area contributed by atoms with Crippen LogP contribution in [0.3, 0.4) is 0 Å². The molecule has 0 bridgehead atoms. The largest absolute Gasteiger partial charge is 0.456 e. The molecule has 0 amide bonds. The third-order valence-electron chi connectivity index (χ3n) is 7.21. The lowest BCUT2D eigenvalue weighted by Gasteiger charge is -2.48. The van der Waals surface area contributed by atoms with Gasteiger partial charge in [-0.25, -0.2) is 4.79 Å². The lowest BCUT2D eigenvalue weighted by atomic mass is 9.96. The Morgan fingerprint density at radius 2 is 1.18 bits per heavy atom. The molecule has 244 valence electrons. The van der Waals surface area contributed by atoms with Gasteiger partial charge in [0, 0.05) is 20.8 Å². The second kappa shape index (κ2) is 15.4. The maximum Gasteiger partial charge on any atom is 0.338 e. The van der Waals surface area contributed by atoms with Crippen molar-refractivity contribution >= 4 is 23.9 Å². The molecular weight excluding hydrogens is 592 g/mol. The normalized spacial score (nSPS) is 31.3. The summed E-state index contributed by atoms with van der Waals surface area (Å²) in [6.07, 6.45) is -12.4. The minimum atomic E-state index is -1.65. The first-order valence-corrected chi connectivity index (χ1v) is 14.5. The molecule has 13 heteroatoms. The molecule has 2 fully saturated rings. The Hall–Kier alpha value is -3.88. The number of esters is 4. The van der Waals surface area contributed by atoms with E-state index in [0.717, 1.165) is 19.4 Å². The first kappa shape index (κ1) is 34.0. The van der Waals surface area contributed by atoms with Crippen molar-refractivity contribution in [1.29, 1.82) is 0 Å². The molecule has 0 radical (unpaired) electrons. The maximum atomic E-state index is 13.2. The summed E-state index contributed by atoms with van der Waals surface area (Å²) >= 11 is 0. The van der Waals surface area contributed by atoms with E-state index >= 15 is 0 Å². The summed E-state index contributed by atoms with van der Waals surface area (Å²) in [5.74, 6) is -2.96. The van der Waals surface area contributed by atoms with E-state index in [-0.39, 0.29) is 12.2 Å². The molecule has 0 unspecified atom stereocenters. The molecule has 0 spiro atoms. The summed E-state index contributed by atoms with van der Waals surface area (Å²) in [6, 6.07) is 17.4. The fourth-order valence-electron chi connectivity index (χ4n) is 5.27. The molecule has 2 aromatic rings. The van der Waals surface area contributed by atoms with Crippen LogP contribution in [0.4, 0.5) is 0 Å². The van der Waals surface area contributed by atoms with Crippen LogP contribution >= 0.6 is 0 Å². The number of hydrogen-bond acceptors (Lipinski definition) is 13. The first-order valence-electron chi connectivity index (χ1n) is 14.5. The van der Waals surface area contributed by atoms with Crippen molar-refractivity contribution < 1.29 is 62.2 Å². The highest BCUT2D eigenvalue weighted by Gasteiger charge is 2.55. The van der Waals surface area contributed by atoms with Crippen molar-refractivity contribution in [2.24, 2.45) is 0 Å². The van der Waals surface area contributed by atoms with Crippen molar-refractivity contribution in [1.82, 2.24) is 0 Å². The molecule has 1 N–H and O–H groups in total. The lowest BCUT2D eigenvalue weighted by molar-refractivity contribution is -0.354. The monoisotopic (exact) mass is 630 g/mol. The van der Waals surface area contributed by atoms with Crippen LogP contribution in [0.2, 0.25) is 0 Å². The Labute approximate surface area is 260 Å². The molecule has 0 aromatic heterocycles. The van der Waals surface area contributed by atoms with Crippen LogP contribution in [0.25, 0.3) is 0 Å². The quantitative estimate of drug-likeness (QED) is 0.301. The average molecular weight is 631 g/mol. The van der Waals surface area contributed by atoms with Gasteiger partial charge in [0.15, 0.2) is 37.0 Å². The van der Waals surface area contributed by atoms with Crippen LogP contribution in [0.15, 0.2) is 60.7 Å². The fourth-order valence-corrected chi connectivity index (χ4v) is 5.27. The maximum absolute atomic E-state index is 13.2. The molecule has 45 heavy (non-hydrogen) atoms. The minimum absolute atomic E-state index is 0.106. The molecule has 4 rings (SSSR count). The summed E-state index contributed by atoms with van der Waals surface area (Å²) in [5, 5.41) is 11.0. The number of rotatable bonds is 10. The fraction of sp³-hybridized carbons (Fsp3) is 0.500. The van der Waals surface area contributed by atoms with Crippen LogP contribution in [0.1, 0.15) is 50.5 Å². The Morgan fingerprint density at radius 1 is 0.644 bits per heavy atom. The Kier molecular flexibility index (Phi) is 11.6. The van der Waals surface area contributed by atoms with Gasteiger partial charge < -0.3 is 43.0 Å². The van der Waals surface area contributed by atoms with E-state index in [0.29, 0.717) is 0 Å². The smallest absolute Gasteiger partial charge is 0.338 e. The van der Waals surface area contributed by atoms with Gasteiger partial charge in [-0.2, -0.15) is 0 Å². The van der Waals surface area contributed by atoms with E-state index in [9.17, 15) is 24.3 Å². The SMILES string of the molecule is CC(=O)O[C@@H]1[C@@H](OC(C)=O)[C@H](C)O[C@@H](O[C@@H]2[C@@H](OCc3ccccc3)[C@H](C)O[C@@H](O)[C@@H]2OC(=O)c2ccccc2)[C@@H]1OC(C)=O. The van der Waals surface area contributed by atoms with Crippen molar-refractivity contribution in [2.45, 2.75) is 103 Å². The zero-order valence-corrected chi connectivity index (χ0v) is 25.6. The van der Waals surface area contributed by atoms with E-state index in [1.807, 2.05) is 30.3 Å². The standard InChI is InChI=1S/C32H38O13/c1-17-24(38-16-22-12-8-6-9-13-22)26(28(31(37)39-17)44-30(36)23-14-10-7-11-15-23)45-32-29(43-21(5)35)27(42-20(4)34)25(18(2)40-32)41-19(3)33/h6-15,17-18,24-29,31-32,37H,16H2,1-5H3/t17-,18-,24-,25-,26+,27+,28+,29+,31+,32-/m0/s1. The summed E-state index contributed by atoms with van der Waals surface area (Å²) in [4.78, 5) is 49.5. The first-order chi connectivity index (χ1) is 21.4. The topological polar surface area (TPSA) is 162 Å². The van der Waals surface area contributed by atoms with Crippen LogP contribution < -0.4 is 0 Å². The predicted molar refractivity (Wildman–Crippen MR) is 153 cm³/mol. The highest BCUT2D eigenvalue weighted by atomic mass is 16.8. The molecule has 2 heterocycles. The van der Waals surface area contributed by atoms with Gasteiger partial charge in [-0.15, -0.1) is 0 Å². The van der Waals surface area contributed by atoms with Gasteiger partial charge in [-0.05, 0) is 31.5 Å². The number of benzene rings is 2. The summed E-state index contributed by atoms with van der Waals surface area (Å²) in [5.41, 5.74) is 1.04. The number of aliphatic hydroxyl groups is 1. The molecule has 2 aromatic carbocycles. The number of carbonyl (C=O) groups is 4. The molecular formula is C32H38O13. The van der Waals surface area contributed by atoms with Crippen LogP contribution in [-0.2, 0) is 58.9 Å². The Balaban J connectivity index is 1.70. The number of hydrogen-bond donors (Lipinski definition) is 1. The van der Waals surface area contributed by atoms with Gasteiger partial charge in [0.2, 0.25) is 0 Å². The van der Waals surface area contributed by atoms with E-state index in [1.54, 1.807) is 44.2 Å². The Bertz CT molecular complexity index is 1300. The second-order valence-corrected chi connectivity index (χ2v) is 10.8. The zero-order chi connectivity index (χ0) is 32.7. The van der Waals surface area contributed by atoms with Gasteiger partial charge in [-0.1, -0.05) is 48.5 Å². The lowest BCUT2D eigenvalue weighted by Crippen LogP contribution is -2.65. The van der Waals surface area contributed by atoms with Crippen molar-refractivity contribution in [3.63, 3.8) is 0 Å². The summed E-state index contributed by atoms with van der Waals surface area (Å²) in [7, 11) is 0. The molecule has 10 atom stereocenters. The average Bonchev–Trinajstić information content (AvgIpc) is 2.98. The van der Waals surface area contributed by atoms with Gasteiger partial charge in [0.25, 0.3) is 0 Å². The van der Waals surface area contributed by atoms with Gasteiger partial charge in [-0.3, -0.25) is 14.4 Å². The number of aliphatic hydroxyl groups excluding tert-OH is 1. The van der Waals surface area contributed by atoms with E-state index in [2.05, 4.69) is 0 Å². The molecule has 2 aliphatic heterocycles. The molecule has 0 aliphatic carbocycles. The van der Waals surface area contributed by atoms with Gasteiger partial charge in [0.1, 0.15) is 12.2 Å². The predicted octanol–water partition coefficient (Wildman–Crippen LogP) is 2.46. The number of carbonyl (C=O) groups excluding carboxylic acids is 4. The molecule has 13 nitrogen and oxygen atoms in total. The highest BCUT2D eigenvalue weighted by molar-refractivity contribution is 5.89. The second-order valence-electron chi connectivity index (χ2n) is 10.8. The van der Waals surface area contributed by atoms with Crippen LogP contribution in [-0.4, -0.2) is 90.4 Å². The molecule has 2 aliphatic rings. The highest BCUT2D eigenvalue weighted by Crippen LogP contribution is 2.35. The van der Waals surface area contributed by atoms with E-state index in [4.69, 9.17) is 37.9 Å².